The smallest absolute Gasteiger partial charge is 0.146 e. The molecule has 152 valence electrons. The van der Waals surface area contributed by atoms with Gasteiger partial charge in [-0.25, -0.2) is 9.97 Å². The summed E-state index contributed by atoms with van der Waals surface area (Å²) in [4.78, 5) is 18.1. The lowest BCUT2D eigenvalue weighted by molar-refractivity contribution is 0.0331. The normalized spacial score (nSPS) is 23.5. The van der Waals surface area contributed by atoms with E-state index in [-0.39, 0.29) is 0 Å². The van der Waals surface area contributed by atoms with Gasteiger partial charge in [0.2, 0.25) is 0 Å². The molecule has 28 heavy (non-hydrogen) atoms. The van der Waals surface area contributed by atoms with E-state index in [0.717, 1.165) is 45.2 Å². The van der Waals surface area contributed by atoms with Gasteiger partial charge in [0.05, 0.1) is 25.1 Å². The van der Waals surface area contributed by atoms with E-state index in [1.54, 1.807) is 10.4 Å². The Kier molecular flexibility index (Phi) is 5.77. The minimum absolute atomic E-state index is 0.614. The van der Waals surface area contributed by atoms with Crippen molar-refractivity contribution in [2.45, 2.75) is 51.1 Å². The van der Waals surface area contributed by atoms with Crippen LogP contribution < -0.4 is 4.90 Å². The van der Waals surface area contributed by atoms with E-state index >= 15 is 0 Å². The fourth-order valence-corrected chi connectivity index (χ4v) is 6.91. The number of fused-ring (bicyclic) bond motifs is 3. The first-order valence-corrected chi connectivity index (χ1v) is 12.9. The van der Waals surface area contributed by atoms with Gasteiger partial charge in [0.1, 0.15) is 16.5 Å². The van der Waals surface area contributed by atoms with Crippen LogP contribution in [0.4, 0.5) is 5.82 Å². The molecule has 2 aliphatic heterocycles. The Balaban J connectivity index is 1.57. The third-order valence-corrected chi connectivity index (χ3v) is 8.22. The van der Waals surface area contributed by atoms with Gasteiger partial charge < -0.3 is 9.64 Å². The largest absolute Gasteiger partial charge is 0.379 e. The molecule has 1 unspecified atom stereocenters. The third-order valence-electron chi connectivity index (χ3n) is 6.32. The van der Waals surface area contributed by atoms with Crippen LogP contribution in [0.3, 0.4) is 0 Å². The summed E-state index contributed by atoms with van der Waals surface area (Å²) in [6, 6.07) is 0.614. The van der Waals surface area contributed by atoms with Gasteiger partial charge in [-0.3, -0.25) is 4.90 Å². The van der Waals surface area contributed by atoms with E-state index in [2.05, 4.69) is 16.1 Å². The van der Waals surface area contributed by atoms with Crippen molar-refractivity contribution in [3.63, 3.8) is 0 Å². The topological polar surface area (TPSA) is 41.5 Å². The summed E-state index contributed by atoms with van der Waals surface area (Å²) < 4.78 is 5.52. The van der Waals surface area contributed by atoms with E-state index in [0.29, 0.717) is 6.04 Å². The van der Waals surface area contributed by atoms with Crippen molar-refractivity contribution in [3.05, 3.63) is 16.3 Å². The molecule has 2 saturated heterocycles. The second-order valence-electron chi connectivity index (χ2n) is 8.19. The van der Waals surface area contributed by atoms with Crippen LogP contribution in [0.25, 0.3) is 10.2 Å². The average Bonchev–Trinajstić information content (AvgIpc) is 3.32. The van der Waals surface area contributed by atoms with Crippen LogP contribution in [0.5, 0.6) is 0 Å². The molecule has 0 radical (unpaired) electrons. The average molecular weight is 419 g/mol. The minimum atomic E-state index is 0.614. The number of hydrogen-bond acceptors (Lipinski definition) is 7. The molecule has 1 atom stereocenters. The summed E-state index contributed by atoms with van der Waals surface area (Å²) in [6.07, 6.45) is 9.85. The number of anilines is 1. The summed E-state index contributed by atoms with van der Waals surface area (Å²) in [5.74, 6) is 3.43. The highest BCUT2D eigenvalue weighted by atomic mass is 32.2. The maximum atomic E-state index is 5.52. The van der Waals surface area contributed by atoms with Gasteiger partial charge >= 0.3 is 0 Å². The summed E-state index contributed by atoms with van der Waals surface area (Å²) >= 11 is 3.90. The van der Waals surface area contributed by atoms with Gasteiger partial charge in [-0.1, -0.05) is 0 Å². The molecular formula is C21H30N4OS2. The van der Waals surface area contributed by atoms with Gasteiger partial charge in [0.15, 0.2) is 0 Å². The van der Waals surface area contributed by atoms with Crippen LogP contribution in [0.15, 0.2) is 0 Å². The van der Waals surface area contributed by atoms with Gasteiger partial charge in [0, 0.05) is 36.3 Å². The van der Waals surface area contributed by atoms with E-state index in [1.165, 1.54) is 60.3 Å². The fraction of sp³-hybridized carbons (Fsp3) is 0.714. The number of hydrogen-bond donors (Lipinski definition) is 0. The van der Waals surface area contributed by atoms with Gasteiger partial charge in [-0.2, -0.15) is 11.8 Å². The monoisotopic (exact) mass is 418 g/mol. The van der Waals surface area contributed by atoms with Crippen LogP contribution in [0, 0.1) is 0 Å². The quantitative estimate of drug-likeness (QED) is 0.737. The predicted molar refractivity (Wildman–Crippen MR) is 119 cm³/mol. The number of rotatable bonds is 5. The number of thioether (sulfide) groups is 1. The molecule has 0 amide bonds. The Morgan fingerprint density at radius 2 is 1.96 bits per heavy atom. The molecule has 2 aromatic rings. The highest BCUT2D eigenvalue weighted by Gasteiger charge is 2.30. The van der Waals surface area contributed by atoms with Crippen molar-refractivity contribution < 1.29 is 4.74 Å². The van der Waals surface area contributed by atoms with Gasteiger partial charge in [-0.05, 0) is 50.3 Å². The summed E-state index contributed by atoms with van der Waals surface area (Å²) in [7, 11) is 0. The Bertz CT molecular complexity index is 833. The molecule has 2 fully saturated rings. The number of aromatic nitrogens is 2. The number of thiophene rings is 1. The first-order valence-electron chi connectivity index (χ1n) is 10.7. The Labute approximate surface area is 175 Å². The fourth-order valence-electron chi connectivity index (χ4n) is 4.90. The molecule has 5 nitrogen and oxygen atoms in total. The molecule has 0 saturated carbocycles. The van der Waals surface area contributed by atoms with Gasteiger partial charge in [0.25, 0.3) is 0 Å². The highest BCUT2D eigenvalue weighted by molar-refractivity contribution is 7.98. The van der Waals surface area contributed by atoms with E-state index < -0.39 is 0 Å². The first-order chi connectivity index (χ1) is 13.8. The van der Waals surface area contributed by atoms with Crippen LogP contribution >= 0.6 is 23.1 Å². The second kappa shape index (κ2) is 8.46. The van der Waals surface area contributed by atoms with Gasteiger partial charge in [-0.15, -0.1) is 11.3 Å². The van der Waals surface area contributed by atoms with Crippen molar-refractivity contribution in [1.82, 2.24) is 14.9 Å². The van der Waals surface area contributed by atoms with Crippen molar-refractivity contribution in [2.24, 2.45) is 0 Å². The molecule has 4 heterocycles. The molecular weight excluding hydrogens is 388 g/mol. The number of aryl methyl sites for hydroxylation is 2. The highest BCUT2D eigenvalue weighted by Crippen LogP contribution is 2.41. The van der Waals surface area contributed by atoms with Crippen molar-refractivity contribution >= 4 is 39.1 Å². The second-order valence-corrected chi connectivity index (χ2v) is 10.2. The lowest BCUT2D eigenvalue weighted by Gasteiger charge is -2.28. The SMILES string of the molecule is CSCC1CCCN1c1nc(CN2CCOCC2)nc2sc3c(c12)CCCC3. The van der Waals surface area contributed by atoms with E-state index in [9.17, 15) is 0 Å². The van der Waals surface area contributed by atoms with Crippen molar-refractivity contribution in [2.75, 3.05) is 49.8 Å². The maximum absolute atomic E-state index is 5.52. The molecule has 0 aromatic carbocycles. The lowest BCUT2D eigenvalue weighted by atomic mass is 9.97. The zero-order valence-corrected chi connectivity index (χ0v) is 18.4. The van der Waals surface area contributed by atoms with Crippen LogP contribution in [-0.4, -0.2) is 65.8 Å². The Hall–Kier alpha value is -0.890. The Morgan fingerprint density at radius 1 is 1.11 bits per heavy atom. The maximum Gasteiger partial charge on any atom is 0.146 e. The minimum Gasteiger partial charge on any atom is -0.379 e. The number of nitrogens with zero attached hydrogens (tertiary/aromatic N) is 4. The zero-order valence-electron chi connectivity index (χ0n) is 16.8. The first kappa shape index (κ1) is 19.1. The van der Waals surface area contributed by atoms with Crippen LogP contribution in [0.1, 0.15) is 41.9 Å². The summed E-state index contributed by atoms with van der Waals surface area (Å²) in [5, 5.41) is 1.39. The zero-order chi connectivity index (χ0) is 18.9. The molecule has 3 aliphatic rings. The van der Waals surface area contributed by atoms with E-state index in [4.69, 9.17) is 14.7 Å². The molecule has 1 aliphatic carbocycles. The third kappa shape index (κ3) is 3.66. The number of morpholine rings is 1. The molecule has 7 heteroatoms. The summed E-state index contributed by atoms with van der Waals surface area (Å²) in [6.45, 7) is 5.59. The summed E-state index contributed by atoms with van der Waals surface area (Å²) in [5.41, 5.74) is 1.56. The predicted octanol–water partition coefficient (Wildman–Crippen LogP) is 3.73. The Morgan fingerprint density at radius 3 is 2.82 bits per heavy atom. The van der Waals surface area contributed by atoms with Crippen molar-refractivity contribution in [1.29, 1.82) is 0 Å². The van der Waals surface area contributed by atoms with E-state index in [1.807, 2.05) is 23.1 Å². The molecule has 2 aromatic heterocycles. The molecule has 5 rings (SSSR count). The standard InChI is InChI=1S/C21H30N4OS2/c1-27-14-15-5-4-8-25(15)20-19-16-6-2-3-7-17(16)28-21(19)23-18(22-20)13-24-9-11-26-12-10-24/h15H,2-14H2,1H3. The molecule has 0 spiro atoms. The van der Waals surface area contributed by atoms with Crippen molar-refractivity contribution in [3.8, 4) is 0 Å². The van der Waals surface area contributed by atoms with Crippen LogP contribution in [-0.2, 0) is 24.1 Å². The van der Waals surface area contributed by atoms with Crippen LogP contribution in [0.2, 0.25) is 0 Å². The lowest BCUT2D eigenvalue weighted by Crippen LogP contribution is -2.36. The molecule has 0 N–H and O–H groups in total. The number of ether oxygens (including phenoxy) is 1. The molecule has 0 bridgehead atoms.